The number of rotatable bonds is 1. The number of phenolic OH excluding ortho intramolecular Hbond substituents is 1. The summed E-state index contributed by atoms with van der Waals surface area (Å²) < 4.78 is 29.4. The van der Waals surface area contributed by atoms with Gasteiger partial charge >= 0.3 is 64.5 Å². The Morgan fingerprint density at radius 1 is 1.09 bits per heavy atom. The summed E-state index contributed by atoms with van der Waals surface area (Å²) in [5, 5.41) is 8.75. The van der Waals surface area contributed by atoms with Crippen LogP contribution in [0.15, 0.2) is 24.3 Å². The number of phenols is 1. The van der Waals surface area contributed by atoms with Gasteiger partial charge in [-0.2, -0.15) is 0 Å². The SMILES string of the molecule is O=[Se](=O)(O)c1ccc(O)cc1. The molecule has 0 amide bonds. The predicted octanol–water partition coefficient (Wildman–Crippen LogP) is -0.609. The molecule has 0 aromatic heterocycles. The van der Waals surface area contributed by atoms with E-state index in [9.17, 15) is 7.67 Å². The van der Waals surface area contributed by atoms with Crippen LogP contribution in [0.3, 0.4) is 0 Å². The van der Waals surface area contributed by atoms with Crippen molar-refractivity contribution in [3.63, 3.8) is 0 Å². The Bertz CT molecular complexity index is 337. The van der Waals surface area contributed by atoms with Crippen molar-refractivity contribution >= 4 is 17.5 Å². The van der Waals surface area contributed by atoms with E-state index < -0.39 is 13.0 Å². The van der Waals surface area contributed by atoms with E-state index in [0.29, 0.717) is 0 Å². The van der Waals surface area contributed by atoms with E-state index in [1.54, 1.807) is 0 Å². The summed E-state index contributed by atoms with van der Waals surface area (Å²) in [6.07, 6.45) is 0. The zero-order valence-electron chi connectivity index (χ0n) is 5.43. The van der Waals surface area contributed by atoms with Crippen molar-refractivity contribution in [2.75, 3.05) is 0 Å². The summed E-state index contributed by atoms with van der Waals surface area (Å²) in [6.45, 7) is 0. The van der Waals surface area contributed by atoms with Crippen molar-refractivity contribution in [2.24, 2.45) is 0 Å². The van der Waals surface area contributed by atoms with E-state index in [4.69, 9.17) is 9.30 Å². The molecule has 5 heteroatoms. The van der Waals surface area contributed by atoms with E-state index in [1.165, 1.54) is 12.1 Å². The van der Waals surface area contributed by atoms with Gasteiger partial charge in [0.15, 0.2) is 0 Å². The minimum absolute atomic E-state index is 0.0324. The predicted molar refractivity (Wildman–Crippen MR) is 37.1 cm³/mol. The first-order valence-electron chi connectivity index (χ1n) is 2.77. The zero-order valence-corrected chi connectivity index (χ0v) is 7.14. The first kappa shape index (κ1) is 8.20. The second kappa shape index (κ2) is 2.62. The van der Waals surface area contributed by atoms with Crippen LogP contribution in [-0.4, -0.2) is 22.3 Å². The summed E-state index contributed by atoms with van der Waals surface area (Å²) in [6, 6.07) is 4.70. The number of benzene rings is 1. The summed E-state index contributed by atoms with van der Waals surface area (Å²) in [4.78, 5) is 0. The van der Waals surface area contributed by atoms with E-state index in [2.05, 4.69) is 0 Å². The molecule has 0 saturated heterocycles. The van der Waals surface area contributed by atoms with Crippen LogP contribution in [0.1, 0.15) is 0 Å². The first-order valence-corrected chi connectivity index (χ1v) is 5.79. The van der Waals surface area contributed by atoms with Crippen LogP contribution in [0.25, 0.3) is 0 Å². The van der Waals surface area contributed by atoms with Crippen LogP contribution in [-0.2, 0) is 7.67 Å². The molecule has 1 aromatic rings. The molecule has 4 nitrogen and oxygen atoms in total. The third-order valence-corrected chi connectivity index (χ3v) is 2.96. The van der Waals surface area contributed by atoms with Crippen molar-refractivity contribution in [1.29, 1.82) is 0 Å². The molecule has 60 valence electrons. The van der Waals surface area contributed by atoms with Gasteiger partial charge in [0, 0.05) is 0 Å². The summed E-state index contributed by atoms with van der Waals surface area (Å²) in [7, 11) is 0. The van der Waals surface area contributed by atoms with Gasteiger partial charge in [-0.05, 0) is 0 Å². The molecular weight excluding hydrogens is 215 g/mol. The summed E-state index contributed by atoms with van der Waals surface area (Å²) >= 11 is -4.84. The monoisotopic (exact) mass is 222 g/mol. The van der Waals surface area contributed by atoms with Gasteiger partial charge in [0.1, 0.15) is 0 Å². The molecule has 1 aromatic carbocycles. The Kier molecular flexibility index (Phi) is 1.95. The average Bonchev–Trinajstić information content (AvgIpc) is 1.86. The molecule has 0 aliphatic heterocycles. The quantitative estimate of drug-likeness (QED) is 0.620. The molecule has 0 heterocycles. The maximum atomic E-state index is 10.5. The number of hydrogen-bond acceptors (Lipinski definition) is 3. The Labute approximate surface area is 65.1 Å². The molecule has 0 bridgehead atoms. The molecule has 0 unspecified atom stereocenters. The zero-order chi connectivity index (χ0) is 8.48. The molecule has 0 saturated carbocycles. The van der Waals surface area contributed by atoms with Crippen molar-refractivity contribution in [2.45, 2.75) is 0 Å². The first-order chi connectivity index (χ1) is 5.00. The molecule has 2 N–H and O–H groups in total. The fourth-order valence-electron chi connectivity index (χ4n) is 0.618. The normalized spacial score (nSPS) is 11.4. The van der Waals surface area contributed by atoms with Gasteiger partial charge in [0.2, 0.25) is 0 Å². The molecule has 0 spiro atoms. The molecule has 1 rings (SSSR count). The average molecular weight is 221 g/mol. The Balaban J connectivity index is 3.20. The fraction of sp³-hybridized carbons (Fsp3) is 0. The molecule has 0 aliphatic rings. The molecule has 0 radical (unpaired) electrons. The second-order valence-corrected chi connectivity index (χ2v) is 4.95. The molecule has 0 fully saturated rings. The number of aromatic hydroxyl groups is 1. The molecule has 11 heavy (non-hydrogen) atoms. The third kappa shape index (κ3) is 2.01. The van der Waals surface area contributed by atoms with Crippen LogP contribution >= 0.6 is 0 Å². The van der Waals surface area contributed by atoms with E-state index >= 15 is 0 Å². The van der Waals surface area contributed by atoms with Gasteiger partial charge < -0.3 is 0 Å². The van der Waals surface area contributed by atoms with Gasteiger partial charge in [-0.15, -0.1) is 0 Å². The number of hydrogen-bond donors (Lipinski definition) is 2. The van der Waals surface area contributed by atoms with Gasteiger partial charge in [0.25, 0.3) is 0 Å². The fourth-order valence-corrected chi connectivity index (χ4v) is 1.63. The molecular formula is C6H6O4Se. The standard InChI is InChI=1S/C6H6O4Se/c7-5-1-3-6(4-2-5)11(8,9)10/h1-4,7H,(H,8,9,10). The topological polar surface area (TPSA) is 74.6 Å². The second-order valence-electron chi connectivity index (χ2n) is 1.97. The van der Waals surface area contributed by atoms with Crippen LogP contribution in [0.4, 0.5) is 0 Å². The van der Waals surface area contributed by atoms with E-state index in [1.807, 2.05) is 0 Å². The van der Waals surface area contributed by atoms with Crippen molar-refractivity contribution < 1.29 is 17.0 Å². The Hall–Kier alpha value is -0.901. The van der Waals surface area contributed by atoms with Gasteiger partial charge in [-0.1, -0.05) is 0 Å². The maximum absolute atomic E-state index is 10.5. The van der Waals surface area contributed by atoms with Gasteiger partial charge in [-0.25, -0.2) is 0 Å². The van der Waals surface area contributed by atoms with Crippen molar-refractivity contribution in [3.05, 3.63) is 24.3 Å². The van der Waals surface area contributed by atoms with E-state index in [0.717, 1.165) is 12.1 Å². The van der Waals surface area contributed by atoms with Crippen LogP contribution in [0, 0.1) is 0 Å². The minimum atomic E-state index is -4.84. The summed E-state index contributed by atoms with van der Waals surface area (Å²) in [5.41, 5.74) is 0. The van der Waals surface area contributed by atoms with Crippen molar-refractivity contribution in [1.82, 2.24) is 0 Å². The van der Waals surface area contributed by atoms with E-state index in [-0.39, 0.29) is 10.2 Å². The van der Waals surface area contributed by atoms with Gasteiger partial charge in [0.05, 0.1) is 0 Å². The Morgan fingerprint density at radius 3 is 1.91 bits per heavy atom. The molecule has 0 atom stereocenters. The molecule has 0 aliphatic carbocycles. The van der Waals surface area contributed by atoms with Crippen LogP contribution in [0.5, 0.6) is 5.75 Å². The van der Waals surface area contributed by atoms with Crippen molar-refractivity contribution in [3.8, 4) is 5.75 Å². The van der Waals surface area contributed by atoms with Gasteiger partial charge in [-0.3, -0.25) is 0 Å². The van der Waals surface area contributed by atoms with Crippen LogP contribution in [0.2, 0.25) is 0 Å². The third-order valence-electron chi connectivity index (χ3n) is 1.13. The Morgan fingerprint density at radius 2 is 1.55 bits per heavy atom. The summed E-state index contributed by atoms with van der Waals surface area (Å²) in [5.74, 6) is -0.0324. The van der Waals surface area contributed by atoms with Crippen LogP contribution < -0.4 is 4.46 Å².